The zero-order valence-electron chi connectivity index (χ0n) is 8.30. The SMILES string of the molecule is N#Cc1ccnnc1N1CCC(O)CC1. The number of nitrogens with zero attached hydrogens (tertiary/aromatic N) is 4. The summed E-state index contributed by atoms with van der Waals surface area (Å²) in [5, 5.41) is 26.0. The topological polar surface area (TPSA) is 73.0 Å². The first-order valence-electron chi connectivity index (χ1n) is 4.96. The van der Waals surface area contributed by atoms with Gasteiger partial charge in [0.2, 0.25) is 0 Å². The second kappa shape index (κ2) is 4.24. The van der Waals surface area contributed by atoms with Crippen LogP contribution in [-0.4, -0.2) is 34.5 Å². The molecule has 0 bridgehead atoms. The molecule has 0 aromatic carbocycles. The van der Waals surface area contributed by atoms with Crippen molar-refractivity contribution < 1.29 is 5.11 Å². The van der Waals surface area contributed by atoms with Crippen molar-refractivity contribution in [2.45, 2.75) is 18.9 Å². The molecule has 0 atom stereocenters. The molecular weight excluding hydrogens is 192 g/mol. The van der Waals surface area contributed by atoms with Crippen molar-refractivity contribution in [3.8, 4) is 6.07 Å². The number of aliphatic hydroxyl groups excluding tert-OH is 1. The second-order valence-electron chi connectivity index (χ2n) is 3.60. The Morgan fingerprint density at radius 3 is 2.87 bits per heavy atom. The lowest BCUT2D eigenvalue weighted by atomic mass is 10.1. The van der Waals surface area contributed by atoms with Gasteiger partial charge in [-0.1, -0.05) is 0 Å². The van der Waals surface area contributed by atoms with Crippen LogP contribution in [0.1, 0.15) is 18.4 Å². The van der Waals surface area contributed by atoms with Gasteiger partial charge in [-0.05, 0) is 18.9 Å². The number of piperidine rings is 1. The summed E-state index contributed by atoms with van der Waals surface area (Å²) in [5.41, 5.74) is 0.543. The molecule has 15 heavy (non-hydrogen) atoms. The van der Waals surface area contributed by atoms with Crippen LogP contribution in [0.5, 0.6) is 0 Å². The average Bonchev–Trinajstić information content (AvgIpc) is 2.30. The van der Waals surface area contributed by atoms with Crippen molar-refractivity contribution in [1.82, 2.24) is 10.2 Å². The Morgan fingerprint density at radius 1 is 1.47 bits per heavy atom. The number of nitriles is 1. The lowest BCUT2D eigenvalue weighted by molar-refractivity contribution is 0.145. The van der Waals surface area contributed by atoms with Crippen LogP contribution in [-0.2, 0) is 0 Å². The smallest absolute Gasteiger partial charge is 0.169 e. The molecule has 1 fully saturated rings. The van der Waals surface area contributed by atoms with E-state index in [1.54, 1.807) is 6.07 Å². The summed E-state index contributed by atoms with van der Waals surface area (Å²) in [5.74, 6) is 0.631. The average molecular weight is 204 g/mol. The Hall–Kier alpha value is -1.67. The summed E-state index contributed by atoms with van der Waals surface area (Å²) in [6, 6.07) is 3.76. The summed E-state index contributed by atoms with van der Waals surface area (Å²) in [7, 11) is 0. The number of aliphatic hydroxyl groups is 1. The van der Waals surface area contributed by atoms with E-state index < -0.39 is 0 Å². The van der Waals surface area contributed by atoms with Crippen molar-refractivity contribution in [1.29, 1.82) is 5.26 Å². The minimum absolute atomic E-state index is 0.219. The first-order valence-corrected chi connectivity index (χ1v) is 4.96. The molecule has 2 heterocycles. The monoisotopic (exact) mass is 204 g/mol. The van der Waals surface area contributed by atoms with Crippen LogP contribution in [0, 0.1) is 11.3 Å². The van der Waals surface area contributed by atoms with Gasteiger partial charge in [-0.3, -0.25) is 0 Å². The normalized spacial score (nSPS) is 17.5. The third kappa shape index (κ3) is 2.05. The van der Waals surface area contributed by atoms with Crippen molar-refractivity contribution in [2.75, 3.05) is 18.0 Å². The highest BCUT2D eigenvalue weighted by molar-refractivity contribution is 5.52. The Balaban J connectivity index is 2.19. The number of hydrogen-bond acceptors (Lipinski definition) is 5. The predicted octanol–water partition coefficient (Wildman–Crippen LogP) is 0.309. The molecule has 0 radical (unpaired) electrons. The van der Waals surface area contributed by atoms with Crippen LogP contribution >= 0.6 is 0 Å². The van der Waals surface area contributed by atoms with Gasteiger partial charge in [0, 0.05) is 13.1 Å². The van der Waals surface area contributed by atoms with Gasteiger partial charge in [0.1, 0.15) is 6.07 Å². The van der Waals surface area contributed by atoms with Gasteiger partial charge in [0.15, 0.2) is 5.82 Å². The minimum Gasteiger partial charge on any atom is -0.393 e. The Kier molecular flexibility index (Phi) is 2.79. The van der Waals surface area contributed by atoms with Gasteiger partial charge in [-0.2, -0.15) is 10.4 Å². The van der Waals surface area contributed by atoms with Gasteiger partial charge in [0.05, 0.1) is 17.9 Å². The zero-order chi connectivity index (χ0) is 10.7. The van der Waals surface area contributed by atoms with Crippen molar-refractivity contribution >= 4 is 5.82 Å². The fourth-order valence-electron chi connectivity index (χ4n) is 1.72. The van der Waals surface area contributed by atoms with E-state index in [9.17, 15) is 5.11 Å². The largest absolute Gasteiger partial charge is 0.393 e. The van der Waals surface area contributed by atoms with Gasteiger partial charge >= 0.3 is 0 Å². The maximum atomic E-state index is 9.37. The van der Waals surface area contributed by atoms with Crippen LogP contribution in [0.2, 0.25) is 0 Å². The molecule has 1 aromatic heterocycles. The molecule has 2 rings (SSSR count). The van der Waals surface area contributed by atoms with Crippen LogP contribution in [0.3, 0.4) is 0 Å². The van der Waals surface area contributed by atoms with E-state index in [0.717, 1.165) is 25.9 Å². The lowest BCUT2D eigenvalue weighted by Crippen LogP contribution is -2.36. The number of rotatable bonds is 1. The fraction of sp³-hybridized carbons (Fsp3) is 0.500. The third-order valence-electron chi connectivity index (χ3n) is 2.59. The van der Waals surface area contributed by atoms with E-state index in [0.29, 0.717) is 11.4 Å². The first-order chi connectivity index (χ1) is 7.31. The third-order valence-corrected chi connectivity index (χ3v) is 2.59. The van der Waals surface area contributed by atoms with E-state index >= 15 is 0 Å². The molecule has 0 amide bonds. The molecule has 0 aliphatic carbocycles. The van der Waals surface area contributed by atoms with E-state index in [-0.39, 0.29) is 6.10 Å². The van der Waals surface area contributed by atoms with Crippen molar-refractivity contribution in [2.24, 2.45) is 0 Å². The number of hydrogen-bond donors (Lipinski definition) is 1. The standard InChI is InChI=1S/C10H12N4O/c11-7-8-1-4-12-13-10(8)14-5-2-9(15)3-6-14/h1,4,9,15H,2-3,5-6H2. The summed E-state index contributed by atoms with van der Waals surface area (Å²) >= 11 is 0. The van der Waals surface area contributed by atoms with Crippen LogP contribution in [0.15, 0.2) is 12.3 Å². The first kappa shape index (κ1) is 9.87. The quantitative estimate of drug-likeness (QED) is 0.712. The molecule has 1 aromatic rings. The highest BCUT2D eigenvalue weighted by atomic mass is 16.3. The van der Waals surface area contributed by atoms with E-state index in [2.05, 4.69) is 16.3 Å². The molecular formula is C10H12N4O. The summed E-state index contributed by atoms with van der Waals surface area (Å²) in [6.07, 6.45) is 2.74. The molecule has 78 valence electrons. The van der Waals surface area contributed by atoms with Crippen LogP contribution in [0.4, 0.5) is 5.82 Å². The highest BCUT2D eigenvalue weighted by Crippen LogP contribution is 2.20. The van der Waals surface area contributed by atoms with Crippen molar-refractivity contribution in [3.05, 3.63) is 17.8 Å². The Labute approximate surface area is 88.0 Å². The molecule has 5 heteroatoms. The minimum atomic E-state index is -0.219. The summed E-state index contributed by atoms with van der Waals surface area (Å²) in [6.45, 7) is 1.46. The van der Waals surface area contributed by atoms with E-state index in [1.165, 1.54) is 6.20 Å². The van der Waals surface area contributed by atoms with E-state index in [1.807, 2.05) is 4.90 Å². The summed E-state index contributed by atoms with van der Waals surface area (Å²) in [4.78, 5) is 2.00. The molecule has 0 unspecified atom stereocenters. The molecule has 0 saturated carbocycles. The number of aromatic nitrogens is 2. The molecule has 5 nitrogen and oxygen atoms in total. The molecule has 1 N–H and O–H groups in total. The maximum absolute atomic E-state index is 9.37. The second-order valence-corrected chi connectivity index (χ2v) is 3.60. The lowest BCUT2D eigenvalue weighted by Gasteiger charge is -2.30. The molecule has 1 saturated heterocycles. The highest BCUT2D eigenvalue weighted by Gasteiger charge is 2.20. The molecule has 0 spiro atoms. The molecule has 1 aliphatic heterocycles. The zero-order valence-corrected chi connectivity index (χ0v) is 8.30. The molecule has 1 aliphatic rings. The van der Waals surface area contributed by atoms with Crippen molar-refractivity contribution in [3.63, 3.8) is 0 Å². The summed E-state index contributed by atoms with van der Waals surface area (Å²) < 4.78 is 0. The predicted molar refractivity (Wildman–Crippen MR) is 54.2 cm³/mol. The van der Waals surface area contributed by atoms with Crippen LogP contribution in [0.25, 0.3) is 0 Å². The van der Waals surface area contributed by atoms with Gasteiger partial charge < -0.3 is 10.0 Å². The van der Waals surface area contributed by atoms with E-state index in [4.69, 9.17) is 5.26 Å². The van der Waals surface area contributed by atoms with Gasteiger partial charge in [-0.15, -0.1) is 5.10 Å². The van der Waals surface area contributed by atoms with Crippen LogP contribution < -0.4 is 4.90 Å². The Morgan fingerprint density at radius 2 is 2.20 bits per heavy atom. The Bertz CT molecular complexity index is 379. The fourth-order valence-corrected chi connectivity index (χ4v) is 1.72. The van der Waals surface area contributed by atoms with Gasteiger partial charge in [0.25, 0.3) is 0 Å². The van der Waals surface area contributed by atoms with Gasteiger partial charge in [-0.25, -0.2) is 0 Å². The number of anilines is 1. The maximum Gasteiger partial charge on any atom is 0.169 e.